The molecule has 0 heterocycles. The van der Waals surface area contributed by atoms with Gasteiger partial charge in [0.2, 0.25) is 0 Å². The van der Waals surface area contributed by atoms with E-state index in [0.717, 1.165) is 11.1 Å². The molecule has 2 nitrogen and oxygen atoms in total. The topological polar surface area (TPSA) is 37.3 Å². The van der Waals surface area contributed by atoms with Crippen LogP contribution in [0.5, 0.6) is 5.75 Å². The van der Waals surface area contributed by atoms with Gasteiger partial charge in [-0.15, -0.1) is 0 Å². The smallest absolute Gasteiger partial charge is 0.153 e. The molecule has 0 spiro atoms. The molecule has 2 heteroatoms. The van der Waals surface area contributed by atoms with Crippen LogP contribution < -0.4 is 0 Å². The molecule has 2 aromatic carbocycles. The van der Waals surface area contributed by atoms with E-state index in [9.17, 15) is 9.90 Å². The first kappa shape index (κ1) is 15.3. The van der Waals surface area contributed by atoms with Gasteiger partial charge in [0.1, 0.15) is 5.75 Å². The summed E-state index contributed by atoms with van der Waals surface area (Å²) in [6.45, 7) is 8.59. The summed E-state index contributed by atoms with van der Waals surface area (Å²) in [5.74, 6) is 0.124. The first-order chi connectivity index (χ1) is 9.84. The first-order valence-electron chi connectivity index (χ1n) is 7.22. The van der Waals surface area contributed by atoms with Crippen molar-refractivity contribution in [2.75, 3.05) is 0 Å². The third kappa shape index (κ3) is 3.15. The van der Waals surface area contributed by atoms with Crippen molar-refractivity contribution in [2.24, 2.45) is 0 Å². The average molecular weight is 282 g/mol. The number of phenols is 1. The summed E-state index contributed by atoms with van der Waals surface area (Å²) >= 11 is 0. The van der Waals surface area contributed by atoms with Gasteiger partial charge < -0.3 is 5.11 Å². The van der Waals surface area contributed by atoms with Crippen molar-refractivity contribution >= 4 is 6.29 Å². The fourth-order valence-electron chi connectivity index (χ4n) is 2.48. The molecule has 2 aromatic rings. The molecule has 0 aliphatic carbocycles. The van der Waals surface area contributed by atoms with Crippen LogP contribution in [0.2, 0.25) is 0 Å². The normalized spacial score (nSPS) is 13.0. The van der Waals surface area contributed by atoms with Crippen LogP contribution in [0.3, 0.4) is 0 Å². The number of hydrogen-bond acceptors (Lipinski definition) is 2. The summed E-state index contributed by atoms with van der Waals surface area (Å²) in [5.41, 5.74) is 3.65. The highest BCUT2D eigenvalue weighted by Gasteiger charge is 2.17. The molecule has 1 atom stereocenters. The molecule has 1 N–H and O–H groups in total. The summed E-state index contributed by atoms with van der Waals surface area (Å²) in [6.07, 6.45) is 0.689. The summed E-state index contributed by atoms with van der Waals surface area (Å²) in [7, 11) is 0. The van der Waals surface area contributed by atoms with E-state index in [2.05, 4.69) is 45.0 Å². The molecule has 1 unspecified atom stereocenters. The Morgan fingerprint density at radius 3 is 2.19 bits per heavy atom. The maximum absolute atomic E-state index is 10.9. The fraction of sp³-hybridized carbons (Fsp3) is 0.316. The number of aldehydes is 1. The molecule has 110 valence electrons. The Kier molecular flexibility index (Phi) is 4.17. The zero-order valence-corrected chi connectivity index (χ0v) is 13.1. The number of hydrogen-bond donors (Lipinski definition) is 1. The molecule has 2 rings (SSSR count). The number of carbonyl (C=O) groups is 1. The minimum absolute atomic E-state index is 0.0407. The molecule has 0 radical (unpaired) electrons. The Labute approximate surface area is 126 Å². The first-order valence-corrected chi connectivity index (χ1v) is 7.22. The molecule has 0 amide bonds. The second-order valence-electron chi connectivity index (χ2n) is 6.50. The molecule has 0 aliphatic heterocycles. The van der Waals surface area contributed by atoms with Crippen LogP contribution in [-0.2, 0) is 5.41 Å². The monoisotopic (exact) mass is 282 g/mol. The van der Waals surface area contributed by atoms with E-state index >= 15 is 0 Å². The lowest BCUT2D eigenvalue weighted by atomic mass is 9.84. The maximum Gasteiger partial charge on any atom is 0.153 e. The third-order valence-corrected chi connectivity index (χ3v) is 3.97. The van der Waals surface area contributed by atoms with Crippen LogP contribution >= 0.6 is 0 Å². The van der Waals surface area contributed by atoms with Gasteiger partial charge in [0, 0.05) is 11.5 Å². The van der Waals surface area contributed by atoms with Crippen molar-refractivity contribution in [3.8, 4) is 5.75 Å². The lowest BCUT2D eigenvalue weighted by molar-refractivity contribution is 0.112. The largest absolute Gasteiger partial charge is 0.507 e. The molecule has 0 saturated heterocycles. The second-order valence-corrected chi connectivity index (χ2v) is 6.50. The summed E-state index contributed by atoms with van der Waals surface area (Å²) in [4.78, 5) is 10.9. The van der Waals surface area contributed by atoms with E-state index in [1.54, 1.807) is 12.1 Å². The van der Waals surface area contributed by atoms with Crippen molar-refractivity contribution in [3.05, 3.63) is 64.7 Å². The van der Waals surface area contributed by atoms with Gasteiger partial charge >= 0.3 is 0 Å². The SMILES string of the molecule is CC(c1ccc(C(C)(C)C)cc1)c1cccc(C=O)c1O. The number of para-hydroxylation sites is 1. The van der Waals surface area contributed by atoms with E-state index in [-0.39, 0.29) is 17.1 Å². The fourth-order valence-corrected chi connectivity index (χ4v) is 2.48. The van der Waals surface area contributed by atoms with Gasteiger partial charge in [0.05, 0.1) is 5.56 Å². The van der Waals surface area contributed by atoms with E-state index in [0.29, 0.717) is 11.8 Å². The number of rotatable bonds is 3. The molecule has 21 heavy (non-hydrogen) atoms. The van der Waals surface area contributed by atoms with Crippen LogP contribution in [-0.4, -0.2) is 11.4 Å². The maximum atomic E-state index is 10.9. The van der Waals surface area contributed by atoms with E-state index in [1.807, 2.05) is 13.0 Å². The Balaban J connectivity index is 2.36. The van der Waals surface area contributed by atoms with E-state index in [1.165, 1.54) is 5.56 Å². The van der Waals surface area contributed by atoms with Crippen molar-refractivity contribution in [3.63, 3.8) is 0 Å². The van der Waals surface area contributed by atoms with Gasteiger partial charge in [-0.2, -0.15) is 0 Å². The third-order valence-electron chi connectivity index (χ3n) is 3.97. The van der Waals surface area contributed by atoms with Gasteiger partial charge in [0.25, 0.3) is 0 Å². The van der Waals surface area contributed by atoms with Crippen molar-refractivity contribution in [2.45, 2.75) is 39.0 Å². The lowest BCUT2D eigenvalue weighted by Gasteiger charge is -2.21. The Bertz CT molecular complexity index is 634. The quantitative estimate of drug-likeness (QED) is 0.832. The number of carbonyl (C=O) groups excluding carboxylic acids is 1. The number of phenolic OH excluding ortho intramolecular Hbond substituents is 1. The Morgan fingerprint density at radius 2 is 1.67 bits per heavy atom. The number of benzene rings is 2. The van der Waals surface area contributed by atoms with Crippen LogP contribution in [0.1, 0.15) is 60.7 Å². The van der Waals surface area contributed by atoms with Gasteiger partial charge in [-0.25, -0.2) is 0 Å². The molecular weight excluding hydrogens is 260 g/mol. The predicted molar refractivity (Wildman–Crippen MR) is 86.2 cm³/mol. The zero-order valence-electron chi connectivity index (χ0n) is 13.1. The van der Waals surface area contributed by atoms with Gasteiger partial charge in [0.15, 0.2) is 6.29 Å². The highest BCUT2D eigenvalue weighted by molar-refractivity contribution is 5.80. The highest BCUT2D eigenvalue weighted by Crippen LogP contribution is 2.33. The summed E-state index contributed by atoms with van der Waals surface area (Å²) in [5, 5.41) is 10.2. The van der Waals surface area contributed by atoms with Crippen LogP contribution in [0.4, 0.5) is 0 Å². The lowest BCUT2D eigenvalue weighted by Crippen LogP contribution is -2.11. The Morgan fingerprint density at radius 1 is 1.05 bits per heavy atom. The van der Waals surface area contributed by atoms with Gasteiger partial charge in [-0.3, -0.25) is 4.79 Å². The van der Waals surface area contributed by atoms with Crippen molar-refractivity contribution < 1.29 is 9.90 Å². The minimum Gasteiger partial charge on any atom is -0.507 e. The molecule has 0 aliphatic rings. The van der Waals surface area contributed by atoms with Crippen LogP contribution in [0.25, 0.3) is 0 Å². The molecule has 0 saturated carbocycles. The molecule has 0 fully saturated rings. The number of aromatic hydroxyl groups is 1. The Hall–Kier alpha value is -2.09. The average Bonchev–Trinajstić information content (AvgIpc) is 2.46. The van der Waals surface area contributed by atoms with E-state index in [4.69, 9.17) is 0 Å². The second kappa shape index (κ2) is 5.72. The molecule has 0 bridgehead atoms. The predicted octanol–water partition coefficient (Wildman–Crippen LogP) is 4.65. The molecule has 0 aromatic heterocycles. The van der Waals surface area contributed by atoms with E-state index < -0.39 is 0 Å². The zero-order chi connectivity index (χ0) is 15.6. The van der Waals surface area contributed by atoms with Gasteiger partial charge in [-0.1, -0.05) is 64.1 Å². The summed E-state index contributed by atoms with van der Waals surface area (Å²) in [6, 6.07) is 13.8. The molecular formula is C19H22O2. The van der Waals surface area contributed by atoms with Crippen LogP contribution in [0, 0.1) is 0 Å². The van der Waals surface area contributed by atoms with Gasteiger partial charge in [-0.05, 0) is 22.6 Å². The standard InChI is InChI=1S/C19H22O2/c1-13(17-7-5-6-15(12-20)18(17)21)14-8-10-16(11-9-14)19(2,3)4/h5-13,21H,1-4H3. The summed E-state index contributed by atoms with van der Waals surface area (Å²) < 4.78 is 0. The minimum atomic E-state index is 0.0407. The highest BCUT2D eigenvalue weighted by atomic mass is 16.3. The van der Waals surface area contributed by atoms with Crippen molar-refractivity contribution in [1.29, 1.82) is 0 Å². The van der Waals surface area contributed by atoms with Crippen molar-refractivity contribution in [1.82, 2.24) is 0 Å². The van der Waals surface area contributed by atoms with Crippen LogP contribution in [0.15, 0.2) is 42.5 Å².